The molecule has 12 N–H and O–H groups in total. The van der Waals surface area contributed by atoms with Crippen molar-refractivity contribution in [3.05, 3.63) is 48.6 Å². The molecule has 2 aliphatic heterocycles. The molecule has 18 atom stereocenters. The molecule has 0 bridgehead atoms. The number of allylic oxidation sites excluding steroid dienone is 8. The second kappa shape index (κ2) is 39.8. The van der Waals surface area contributed by atoms with Crippen LogP contribution in [-0.2, 0) is 51.6 Å². The Bertz CT molecular complexity index is 1770. The lowest BCUT2D eigenvalue weighted by Gasteiger charge is -2.49. The first kappa shape index (κ1) is 70.7. The molecule has 23 nitrogen and oxygen atoms in total. The molecule has 24 heteroatoms. The summed E-state index contributed by atoms with van der Waals surface area (Å²) < 4.78 is 58.0. The molecule has 2 heterocycles. The maximum atomic E-state index is 14.0. The van der Waals surface area contributed by atoms with Crippen molar-refractivity contribution in [3.63, 3.8) is 0 Å². The van der Waals surface area contributed by atoms with E-state index in [0.29, 0.717) is 19.3 Å². The summed E-state index contributed by atoms with van der Waals surface area (Å²) in [6.45, 7) is 0.860. The third-order valence-electron chi connectivity index (χ3n) is 13.9. The smallest absolute Gasteiger partial charge is 0.462 e. The molecule has 0 radical (unpaired) electrons. The molecule has 3 fully saturated rings. The number of ether oxygens (including phenoxy) is 6. The number of carbonyl (C=O) groups is 2. The van der Waals surface area contributed by atoms with Crippen molar-refractivity contribution in [1.29, 1.82) is 0 Å². The Morgan fingerprint density at radius 1 is 0.481 bits per heavy atom. The van der Waals surface area contributed by atoms with Crippen molar-refractivity contribution in [1.82, 2.24) is 0 Å². The van der Waals surface area contributed by atoms with Gasteiger partial charge in [0.05, 0.1) is 19.8 Å². The van der Waals surface area contributed by atoms with Crippen molar-refractivity contribution in [2.24, 2.45) is 0 Å². The van der Waals surface area contributed by atoms with E-state index in [1.807, 2.05) is 0 Å². The van der Waals surface area contributed by atoms with Gasteiger partial charge >= 0.3 is 19.8 Å². The number of hydrogen-bond donors (Lipinski definition) is 12. The zero-order valence-corrected chi connectivity index (χ0v) is 47.0. The Morgan fingerprint density at radius 3 is 1.35 bits per heavy atom. The van der Waals surface area contributed by atoms with E-state index in [1.165, 1.54) is 19.3 Å². The van der Waals surface area contributed by atoms with Crippen LogP contribution in [0, 0.1) is 0 Å². The van der Waals surface area contributed by atoms with Gasteiger partial charge in [0, 0.05) is 12.8 Å². The molecule has 0 spiro atoms. The molecule has 3 aliphatic rings. The minimum absolute atomic E-state index is 0.0310. The van der Waals surface area contributed by atoms with Crippen molar-refractivity contribution in [2.75, 3.05) is 26.4 Å². The predicted molar refractivity (Wildman–Crippen MR) is 286 cm³/mol. The van der Waals surface area contributed by atoms with Gasteiger partial charge in [0.2, 0.25) is 0 Å². The van der Waals surface area contributed by atoms with Gasteiger partial charge in [-0.05, 0) is 70.6 Å². The summed E-state index contributed by atoms with van der Waals surface area (Å²) in [5, 5.41) is 116. The van der Waals surface area contributed by atoms with Gasteiger partial charge in [0.25, 0.3) is 0 Å². The third kappa shape index (κ3) is 25.8. The van der Waals surface area contributed by atoms with Crippen LogP contribution in [-0.4, -0.2) is 204 Å². The molecular weight excluding hydrogens is 1060 g/mol. The van der Waals surface area contributed by atoms with E-state index in [4.69, 9.17) is 37.5 Å². The summed E-state index contributed by atoms with van der Waals surface area (Å²) in [4.78, 5) is 37.4. The lowest BCUT2D eigenvalue weighted by atomic mass is 9.84. The van der Waals surface area contributed by atoms with Gasteiger partial charge < -0.3 is 89.5 Å². The van der Waals surface area contributed by atoms with E-state index in [-0.39, 0.29) is 12.8 Å². The van der Waals surface area contributed by atoms with Crippen LogP contribution < -0.4 is 0 Å². The summed E-state index contributed by atoms with van der Waals surface area (Å²) in [7, 11) is -5.64. The minimum atomic E-state index is -5.64. The number of phosphoric acid groups is 1. The Morgan fingerprint density at radius 2 is 0.899 bits per heavy atom. The third-order valence-corrected chi connectivity index (χ3v) is 14.8. The average molecular weight is 1160 g/mol. The highest BCUT2D eigenvalue weighted by molar-refractivity contribution is 7.47. The highest BCUT2D eigenvalue weighted by atomic mass is 31.2. The maximum Gasteiger partial charge on any atom is 0.472 e. The van der Waals surface area contributed by atoms with E-state index in [0.717, 1.165) is 89.9 Å². The van der Waals surface area contributed by atoms with E-state index in [2.05, 4.69) is 62.5 Å². The lowest BCUT2D eigenvalue weighted by Crippen LogP contribution is -2.69. The molecule has 2 saturated heterocycles. The number of unbranched alkanes of at least 4 members (excludes halogenated alkanes) is 14. The van der Waals surface area contributed by atoms with Gasteiger partial charge in [-0.2, -0.15) is 0 Å². The number of aliphatic hydroxyl groups excluding tert-OH is 11. The molecule has 3 rings (SSSR count). The summed E-state index contributed by atoms with van der Waals surface area (Å²) in [5.41, 5.74) is 0. The molecule has 0 aromatic rings. The van der Waals surface area contributed by atoms with Gasteiger partial charge in [-0.25, -0.2) is 4.57 Å². The molecule has 0 aromatic carbocycles. The summed E-state index contributed by atoms with van der Waals surface area (Å²) in [6.07, 6.45) is 1.05. The van der Waals surface area contributed by atoms with Crippen molar-refractivity contribution in [3.8, 4) is 0 Å². The van der Waals surface area contributed by atoms with E-state index in [1.54, 1.807) is 0 Å². The SMILES string of the molecule is CCC/C=C\C/C=C\CCCCCCCC(=O)O[C@H](COC(=O)CCCCCCC/C=C\C/C=C\CCCCC)COP(=O)(O)OC1C(O[C@@H]2OC(CO)[C@H](O)C(O)[C@@H]2O)C(O)C(O)C(O)[C@H]1O[C@H]1OC(CO)[C@@H](O)C(O)[C@H]1O. The topological polar surface area (TPSA) is 368 Å². The second-order valence-corrected chi connectivity index (χ2v) is 21.9. The van der Waals surface area contributed by atoms with Gasteiger partial charge in [-0.15, -0.1) is 0 Å². The average Bonchev–Trinajstić information content (AvgIpc) is 3.55. The highest BCUT2D eigenvalue weighted by Gasteiger charge is 2.58. The Kier molecular flexibility index (Phi) is 35.6. The highest BCUT2D eigenvalue weighted by Crippen LogP contribution is 2.49. The Hall–Kier alpha value is -2.59. The van der Waals surface area contributed by atoms with Gasteiger partial charge in [0.15, 0.2) is 18.7 Å². The fourth-order valence-electron chi connectivity index (χ4n) is 9.07. The first-order chi connectivity index (χ1) is 37.9. The van der Waals surface area contributed by atoms with Gasteiger partial charge in [-0.1, -0.05) is 120 Å². The van der Waals surface area contributed by atoms with Crippen LogP contribution in [0.4, 0.5) is 0 Å². The number of aliphatic hydroxyl groups is 11. The molecular formula is C55H95O23P. The number of hydrogen-bond acceptors (Lipinski definition) is 22. The normalized spacial score (nSPS) is 31.8. The predicted octanol–water partition coefficient (Wildman–Crippen LogP) is 3.26. The Labute approximate surface area is 465 Å². The fraction of sp³-hybridized carbons (Fsp3) is 0.818. The Balaban J connectivity index is 1.73. The van der Waals surface area contributed by atoms with Crippen molar-refractivity contribution < 1.29 is 113 Å². The van der Waals surface area contributed by atoms with Crippen LogP contribution in [0.5, 0.6) is 0 Å². The molecule has 0 aromatic heterocycles. The van der Waals surface area contributed by atoms with E-state index in [9.17, 15) is 75.2 Å². The van der Waals surface area contributed by atoms with E-state index >= 15 is 0 Å². The molecule has 79 heavy (non-hydrogen) atoms. The van der Waals surface area contributed by atoms with Crippen molar-refractivity contribution in [2.45, 2.75) is 259 Å². The molecule has 1 aliphatic carbocycles. The number of rotatable bonds is 40. The van der Waals surface area contributed by atoms with Crippen LogP contribution in [0.2, 0.25) is 0 Å². The molecule has 10 unspecified atom stereocenters. The number of esters is 2. The number of phosphoric ester groups is 1. The quantitative estimate of drug-likeness (QED) is 0.0181. The molecule has 0 amide bonds. The number of carbonyl (C=O) groups excluding carboxylic acids is 2. The lowest BCUT2D eigenvalue weighted by molar-refractivity contribution is -0.360. The van der Waals surface area contributed by atoms with Crippen LogP contribution >= 0.6 is 7.82 Å². The summed E-state index contributed by atoms with van der Waals surface area (Å²) in [6, 6.07) is 0. The van der Waals surface area contributed by atoms with Crippen LogP contribution in [0.1, 0.15) is 155 Å². The summed E-state index contributed by atoms with van der Waals surface area (Å²) in [5.74, 6) is -1.37. The van der Waals surface area contributed by atoms with Crippen LogP contribution in [0.25, 0.3) is 0 Å². The fourth-order valence-corrected chi connectivity index (χ4v) is 10.0. The standard InChI is InChI=1S/C55H95O23P/c1-3-5-7-9-11-13-15-17-18-20-21-23-25-27-29-31-40(58)71-35-37(73-41(59)32-30-28-26-24-22-19-16-14-12-10-8-6-4-2)36-72-79(69,70)78-53-51(76-54-49(67)44(62)42(60)38(33-56)74-54)47(65)46(64)48(66)52(53)77-55-50(68)45(63)43(61)39(34-57)75-55/h8,10-11,13-14,16-18,37-39,42-57,60-68H,3-7,9,12,15,19-36H2,1-2H3,(H,69,70)/b10-8-,13-11-,16-14-,18-17-/t37-,38?,39?,42-,43+,44?,45?,46?,47?,48?,49-,50+,51-,52?,53?,54-,55+/m1/s1. The van der Waals surface area contributed by atoms with Gasteiger partial charge in [0.1, 0.15) is 92.1 Å². The van der Waals surface area contributed by atoms with Crippen LogP contribution in [0.3, 0.4) is 0 Å². The zero-order valence-electron chi connectivity index (χ0n) is 46.1. The first-order valence-electron chi connectivity index (χ1n) is 28.5. The van der Waals surface area contributed by atoms with Gasteiger partial charge in [-0.3, -0.25) is 18.6 Å². The zero-order chi connectivity index (χ0) is 58.2. The second-order valence-electron chi connectivity index (χ2n) is 20.5. The molecule has 458 valence electrons. The first-order valence-corrected chi connectivity index (χ1v) is 30.0. The largest absolute Gasteiger partial charge is 0.472 e. The molecule has 1 saturated carbocycles. The summed E-state index contributed by atoms with van der Waals surface area (Å²) >= 11 is 0. The maximum absolute atomic E-state index is 14.0. The van der Waals surface area contributed by atoms with E-state index < -0.39 is 150 Å². The van der Waals surface area contributed by atoms with Crippen LogP contribution in [0.15, 0.2) is 48.6 Å². The van der Waals surface area contributed by atoms with Crippen molar-refractivity contribution >= 4 is 19.8 Å². The monoisotopic (exact) mass is 1150 g/mol. The minimum Gasteiger partial charge on any atom is -0.462 e.